The van der Waals surface area contributed by atoms with Crippen LogP contribution in [0, 0.1) is 5.92 Å². The SMILES string of the molecule is C=CCCCCCC(C=C)CCCCN(C)S(=O)(=O)N(C)C. The average Bonchev–Trinajstić information content (AvgIpc) is 2.48. The van der Waals surface area contributed by atoms with Gasteiger partial charge in [0.25, 0.3) is 10.2 Å². The van der Waals surface area contributed by atoms with E-state index in [2.05, 4.69) is 13.2 Å². The van der Waals surface area contributed by atoms with Crippen LogP contribution in [0.2, 0.25) is 0 Å². The molecule has 130 valence electrons. The van der Waals surface area contributed by atoms with Crippen LogP contribution in [-0.4, -0.2) is 44.7 Å². The summed E-state index contributed by atoms with van der Waals surface area (Å²) in [4.78, 5) is 0. The van der Waals surface area contributed by atoms with Crippen molar-refractivity contribution in [2.24, 2.45) is 5.92 Å². The maximum Gasteiger partial charge on any atom is 0.281 e. The Kier molecular flexibility index (Phi) is 11.5. The number of nitrogens with zero attached hydrogens (tertiary/aromatic N) is 2. The molecule has 0 bridgehead atoms. The summed E-state index contributed by atoms with van der Waals surface area (Å²) in [6, 6.07) is 0. The molecular formula is C17H34N2O2S. The number of allylic oxidation sites excluding steroid dienone is 2. The zero-order chi connectivity index (χ0) is 17.0. The number of hydrogen-bond donors (Lipinski definition) is 0. The molecular weight excluding hydrogens is 296 g/mol. The topological polar surface area (TPSA) is 40.6 Å². The van der Waals surface area contributed by atoms with E-state index < -0.39 is 10.2 Å². The Hall–Kier alpha value is -0.650. The minimum atomic E-state index is -3.27. The first kappa shape index (κ1) is 21.4. The first-order chi connectivity index (χ1) is 10.4. The summed E-state index contributed by atoms with van der Waals surface area (Å²) in [7, 11) is 1.49. The molecule has 0 aromatic heterocycles. The molecule has 0 radical (unpaired) electrons. The molecule has 0 spiro atoms. The van der Waals surface area contributed by atoms with Crippen LogP contribution < -0.4 is 0 Å². The zero-order valence-corrected chi connectivity index (χ0v) is 15.4. The molecule has 0 aliphatic rings. The van der Waals surface area contributed by atoms with E-state index in [9.17, 15) is 8.42 Å². The number of unbranched alkanes of at least 4 members (excludes halogenated alkanes) is 4. The third kappa shape index (κ3) is 8.71. The second-order valence-corrected chi connectivity index (χ2v) is 8.28. The lowest BCUT2D eigenvalue weighted by atomic mass is 9.95. The molecule has 0 aliphatic carbocycles. The molecule has 5 heteroatoms. The molecule has 0 saturated carbocycles. The van der Waals surface area contributed by atoms with Crippen LogP contribution in [-0.2, 0) is 10.2 Å². The largest absolute Gasteiger partial charge is 0.281 e. The third-order valence-corrected chi connectivity index (χ3v) is 5.86. The van der Waals surface area contributed by atoms with Crippen molar-refractivity contribution in [2.45, 2.75) is 51.4 Å². The lowest BCUT2D eigenvalue weighted by Gasteiger charge is -2.21. The molecule has 0 saturated heterocycles. The highest BCUT2D eigenvalue weighted by Crippen LogP contribution is 2.18. The van der Waals surface area contributed by atoms with Crippen molar-refractivity contribution in [1.82, 2.24) is 8.61 Å². The summed E-state index contributed by atoms with van der Waals surface area (Å²) in [5.74, 6) is 0.555. The molecule has 0 aromatic rings. The molecule has 0 amide bonds. The second-order valence-electron chi connectivity index (χ2n) is 6.03. The van der Waals surface area contributed by atoms with Crippen LogP contribution in [0.4, 0.5) is 0 Å². The van der Waals surface area contributed by atoms with Gasteiger partial charge in [-0.15, -0.1) is 13.2 Å². The molecule has 4 nitrogen and oxygen atoms in total. The normalized spacial score (nSPS) is 13.5. The fourth-order valence-corrected chi connectivity index (χ4v) is 3.30. The van der Waals surface area contributed by atoms with E-state index in [0.29, 0.717) is 12.5 Å². The molecule has 0 fully saturated rings. The standard InChI is InChI=1S/C17H34N2O2S/c1-6-8-9-10-11-14-17(7-2)15-12-13-16-19(5)22(20,21)18(3)4/h6-7,17H,1-2,8-16H2,3-5H3. The number of rotatable bonds is 14. The van der Waals surface area contributed by atoms with E-state index in [1.807, 2.05) is 12.2 Å². The first-order valence-corrected chi connectivity index (χ1v) is 9.63. The van der Waals surface area contributed by atoms with Crippen molar-refractivity contribution >= 4 is 10.2 Å². The molecule has 0 N–H and O–H groups in total. The quantitative estimate of drug-likeness (QED) is 0.359. The lowest BCUT2D eigenvalue weighted by molar-refractivity contribution is 0.399. The summed E-state index contributed by atoms with van der Waals surface area (Å²) >= 11 is 0. The van der Waals surface area contributed by atoms with Gasteiger partial charge in [-0.25, -0.2) is 0 Å². The van der Waals surface area contributed by atoms with Crippen LogP contribution in [0.15, 0.2) is 25.3 Å². The summed E-state index contributed by atoms with van der Waals surface area (Å²) < 4.78 is 26.4. The van der Waals surface area contributed by atoms with Crippen molar-refractivity contribution in [3.63, 3.8) is 0 Å². The van der Waals surface area contributed by atoms with Gasteiger partial charge in [0, 0.05) is 27.7 Å². The van der Waals surface area contributed by atoms with E-state index in [1.54, 1.807) is 21.1 Å². The number of hydrogen-bond acceptors (Lipinski definition) is 2. The minimum Gasteiger partial charge on any atom is -0.195 e. The van der Waals surface area contributed by atoms with Crippen molar-refractivity contribution in [3.8, 4) is 0 Å². The molecule has 0 aromatic carbocycles. The molecule has 22 heavy (non-hydrogen) atoms. The van der Waals surface area contributed by atoms with Gasteiger partial charge in [0.05, 0.1) is 0 Å². The molecule has 0 aliphatic heterocycles. The van der Waals surface area contributed by atoms with Crippen molar-refractivity contribution in [2.75, 3.05) is 27.7 Å². The lowest BCUT2D eigenvalue weighted by Crippen LogP contribution is -2.37. The van der Waals surface area contributed by atoms with E-state index >= 15 is 0 Å². The average molecular weight is 331 g/mol. The predicted octanol–water partition coefficient (Wildman–Crippen LogP) is 3.83. The zero-order valence-electron chi connectivity index (χ0n) is 14.6. The van der Waals surface area contributed by atoms with Gasteiger partial charge in [-0.3, -0.25) is 0 Å². The highest BCUT2D eigenvalue weighted by atomic mass is 32.2. The van der Waals surface area contributed by atoms with E-state index in [1.165, 1.54) is 34.3 Å². The van der Waals surface area contributed by atoms with E-state index in [4.69, 9.17) is 0 Å². The van der Waals surface area contributed by atoms with Gasteiger partial charge in [0.2, 0.25) is 0 Å². The third-order valence-electron chi connectivity index (χ3n) is 3.97. The van der Waals surface area contributed by atoms with Gasteiger partial charge in [0.15, 0.2) is 0 Å². The van der Waals surface area contributed by atoms with Gasteiger partial charge in [-0.2, -0.15) is 17.0 Å². The molecule has 1 atom stereocenters. The van der Waals surface area contributed by atoms with Gasteiger partial charge in [-0.05, 0) is 38.0 Å². The molecule has 0 rings (SSSR count). The minimum absolute atomic E-state index is 0.555. The summed E-state index contributed by atoms with van der Waals surface area (Å²) in [5.41, 5.74) is 0. The predicted molar refractivity (Wildman–Crippen MR) is 96.1 cm³/mol. The Morgan fingerprint density at radius 3 is 2.05 bits per heavy atom. The fourth-order valence-electron chi connectivity index (χ4n) is 2.39. The van der Waals surface area contributed by atoms with Crippen LogP contribution >= 0.6 is 0 Å². The maximum atomic E-state index is 11.9. The van der Waals surface area contributed by atoms with Gasteiger partial charge in [0.1, 0.15) is 0 Å². The van der Waals surface area contributed by atoms with Crippen molar-refractivity contribution in [3.05, 3.63) is 25.3 Å². The molecule has 0 heterocycles. The van der Waals surface area contributed by atoms with Crippen molar-refractivity contribution < 1.29 is 8.42 Å². The van der Waals surface area contributed by atoms with Crippen LogP contribution in [0.5, 0.6) is 0 Å². The Balaban J connectivity index is 3.87. The maximum absolute atomic E-state index is 11.9. The Morgan fingerprint density at radius 2 is 1.55 bits per heavy atom. The summed E-state index contributed by atoms with van der Waals surface area (Å²) in [5, 5.41) is 0. The monoisotopic (exact) mass is 330 g/mol. The molecule has 1 unspecified atom stereocenters. The summed E-state index contributed by atoms with van der Waals surface area (Å²) in [6.07, 6.45) is 13.1. The van der Waals surface area contributed by atoms with Crippen LogP contribution in [0.25, 0.3) is 0 Å². The van der Waals surface area contributed by atoms with Crippen LogP contribution in [0.1, 0.15) is 51.4 Å². The van der Waals surface area contributed by atoms with E-state index in [0.717, 1.165) is 25.7 Å². The smallest absolute Gasteiger partial charge is 0.195 e. The summed E-state index contributed by atoms with van der Waals surface area (Å²) in [6.45, 7) is 8.23. The Bertz CT molecular complexity index is 405. The fraction of sp³-hybridized carbons (Fsp3) is 0.765. The second kappa shape index (κ2) is 11.9. The Morgan fingerprint density at radius 1 is 0.955 bits per heavy atom. The highest BCUT2D eigenvalue weighted by Gasteiger charge is 2.19. The van der Waals surface area contributed by atoms with Gasteiger partial charge in [-0.1, -0.05) is 31.4 Å². The van der Waals surface area contributed by atoms with Gasteiger partial charge < -0.3 is 0 Å². The first-order valence-electron chi connectivity index (χ1n) is 8.23. The van der Waals surface area contributed by atoms with Crippen LogP contribution in [0.3, 0.4) is 0 Å². The van der Waals surface area contributed by atoms with Gasteiger partial charge >= 0.3 is 0 Å². The Labute approximate surface area is 138 Å². The van der Waals surface area contributed by atoms with Crippen molar-refractivity contribution in [1.29, 1.82) is 0 Å². The highest BCUT2D eigenvalue weighted by molar-refractivity contribution is 7.86. The van der Waals surface area contributed by atoms with E-state index in [-0.39, 0.29) is 0 Å².